The topological polar surface area (TPSA) is 70.2 Å². The molecule has 1 aromatic carbocycles. The second-order valence-electron chi connectivity index (χ2n) is 8.60. The van der Waals surface area contributed by atoms with Crippen molar-refractivity contribution in [2.75, 3.05) is 13.2 Å². The maximum atomic E-state index is 6.18. The highest BCUT2D eigenvalue weighted by Gasteiger charge is 2.58. The first-order valence-electron chi connectivity index (χ1n) is 10.1. The molecule has 0 aromatic heterocycles. The highest BCUT2D eigenvalue weighted by atomic mass is 32.1. The monoisotopic (exact) mass is 422 g/mol. The van der Waals surface area contributed by atoms with Gasteiger partial charge in [-0.15, -0.1) is 0 Å². The van der Waals surface area contributed by atoms with E-state index in [9.17, 15) is 0 Å². The summed E-state index contributed by atoms with van der Waals surface area (Å²) in [6.45, 7) is 8.76. The molecule has 29 heavy (non-hydrogen) atoms. The molecule has 160 valence electrons. The molecule has 0 saturated carbocycles. The Kier molecular flexibility index (Phi) is 5.85. The van der Waals surface area contributed by atoms with Crippen LogP contribution in [0, 0.1) is 0 Å². The van der Waals surface area contributed by atoms with Crippen LogP contribution in [0.3, 0.4) is 0 Å². The van der Waals surface area contributed by atoms with E-state index in [0.29, 0.717) is 11.7 Å². The first-order valence-corrected chi connectivity index (χ1v) is 10.5. The first kappa shape index (κ1) is 21.0. The fraction of sp³-hybridized carbons (Fsp3) is 0.667. The smallest absolute Gasteiger partial charge is 0.189 e. The lowest BCUT2D eigenvalue weighted by Gasteiger charge is -2.30. The second kappa shape index (κ2) is 8.09. The molecular formula is C21H30N2O5S. The number of ether oxygens (including phenoxy) is 5. The zero-order valence-electron chi connectivity index (χ0n) is 17.3. The van der Waals surface area contributed by atoms with Crippen molar-refractivity contribution < 1.29 is 23.7 Å². The predicted molar refractivity (Wildman–Crippen MR) is 111 cm³/mol. The molecule has 0 unspecified atom stereocenters. The predicted octanol–water partition coefficient (Wildman–Crippen LogP) is 2.09. The van der Waals surface area contributed by atoms with Gasteiger partial charge in [-0.1, -0.05) is 30.3 Å². The average Bonchev–Trinajstić information content (AvgIpc) is 3.26. The van der Waals surface area contributed by atoms with Crippen molar-refractivity contribution in [3.63, 3.8) is 0 Å². The van der Waals surface area contributed by atoms with Crippen molar-refractivity contribution in [2.24, 2.45) is 0 Å². The normalized spacial score (nSPS) is 34.7. The summed E-state index contributed by atoms with van der Waals surface area (Å²) in [7, 11) is 0. The number of thiocarbonyl (C=S) groups is 1. The van der Waals surface area contributed by atoms with Gasteiger partial charge >= 0.3 is 0 Å². The quantitative estimate of drug-likeness (QED) is 0.699. The van der Waals surface area contributed by atoms with Crippen molar-refractivity contribution in [3.8, 4) is 0 Å². The van der Waals surface area contributed by atoms with E-state index in [1.165, 1.54) is 5.56 Å². The minimum absolute atomic E-state index is 0.207. The molecule has 5 atom stereocenters. The highest BCUT2D eigenvalue weighted by molar-refractivity contribution is 7.80. The van der Waals surface area contributed by atoms with E-state index in [4.69, 9.17) is 35.9 Å². The molecule has 2 N–H and O–H groups in total. The molecule has 3 saturated heterocycles. The zero-order valence-corrected chi connectivity index (χ0v) is 18.2. The third-order valence-corrected chi connectivity index (χ3v) is 5.59. The van der Waals surface area contributed by atoms with Crippen LogP contribution < -0.4 is 10.6 Å². The Labute approximate surface area is 177 Å². The summed E-state index contributed by atoms with van der Waals surface area (Å²) in [6, 6.07) is 10.1. The Balaban J connectivity index is 1.38. The molecule has 0 radical (unpaired) electrons. The van der Waals surface area contributed by atoms with Gasteiger partial charge in [-0.2, -0.15) is 0 Å². The van der Waals surface area contributed by atoms with Gasteiger partial charge < -0.3 is 34.3 Å². The molecule has 0 aliphatic carbocycles. The minimum Gasteiger partial charge on any atom is -0.362 e. The van der Waals surface area contributed by atoms with Crippen LogP contribution in [0.2, 0.25) is 0 Å². The first-order chi connectivity index (χ1) is 13.7. The van der Waals surface area contributed by atoms with E-state index in [-0.39, 0.29) is 24.4 Å². The SMILES string of the molecule is CC1(C)O[C@H]2O[C@H]([C@H]3COC(C)(C)O3)[C@@H](NC(=S)NCCc3ccccc3)[C@H]2O1. The fourth-order valence-corrected chi connectivity index (χ4v) is 4.30. The lowest BCUT2D eigenvalue weighted by atomic mass is 10.0. The lowest BCUT2D eigenvalue weighted by molar-refractivity contribution is -0.223. The van der Waals surface area contributed by atoms with Crippen LogP contribution in [0.5, 0.6) is 0 Å². The number of rotatable bonds is 5. The molecule has 3 aliphatic rings. The summed E-state index contributed by atoms with van der Waals surface area (Å²) in [5, 5.41) is 7.23. The van der Waals surface area contributed by atoms with Gasteiger partial charge in [-0.25, -0.2) is 0 Å². The zero-order chi connectivity index (χ0) is 20.6. The van der Waals surface area contributed by atoms with E-state index >= 15 is 0 Å². The molecular weight excluding hydrogens is 392 g/mol. The van der Waals surface area contributed by atoms with Crippen LogP contribution >= 0.6 is 12.2 Å². The van der Waals surface area contributed by atoms with E-state index in [1.54, 1.807) is 0 Å². The van der Waals surface area contributed by atoms with Gasteiger partial charge in [0.15, 0.2) is 23.0 Å². The van der Waals surface area contributed by atoms with Crippen molar-refractivity contribution in [2.45, 2.75) is 76.3 Å². The summed E-state index contributed by atoms with van der Waals surface area (Å²) < 4.78 is 30.0. The molecule has 3 aliphatic heterocycles. The maximum Gasteiger partial charge on any atom is 0.189 e. The number of benzene rings is 1. The highest BCUT2D eigenvalue weighted by Crippen LogP contribution is 2.40. The van der Waals surface area contributed by atoms with E-state index < -0.39 is 17.9 Å². The summed E-state index contributed by atoms with van der Waals surface area (Å²) in [4.78, 5) is 0. The Hall–Kier alpha value is -1.29. The third kappa shape index (κ3) is 4.90. The molecule has 0 bridgehead atoms. The fourth-order valence-electron chi connectivity index (χ4n) is 4.06. The average molecular weight is 423 g/mol. The minimum atomic E-state index is -0.700. The van der Waals surface area contributed by atoms with Gasteiger partial charge in [-0.05, 0) is 51.9 Å². The van der Waals surface area contributed by atoms with Crippen LogP contribution in [0.4, 0.5) is 0 Å². The molecule has 0 amide bonds. The van der Waals surface area contributed by atoms with Crippen molar-refractivity contribution in [3.05, 3.63) is 35.9 Å². The molecule has 4 rings (SSSR count). The Bertz CT molecular complexity index is 729. The maximum absolute atomic E-state index is 6.18. The molecule has 8 heteroatoms. The van der Waals surface area contributed by atoms with Crippen LogP contribution in [-0.2, 0) is 30.1 Å². The Morgan fingerprint density at radius 3 is 2.48 bits per heavy atom. The Morgan fingerprint density at radius 1 is 1.03 bits per heavy atom. The van der Waals surface area contributed by atoms with Gasteiger partial charge in [0, 0.05) is 6.54 Å². The summed E-state index contributed by atoms with van der Waals surface area (Å²) >= 11 is 5.55. The van der Waals surface area contributed by atoms with Gasteiger partial charge in [0.1, 0.15) is 18.3 Å². The van der Waals surface area contributed by atoms with Gasteiger partial charge in [0.25, 0.3) is 0 Å². The molecule has 3 heterocycles. The summed E-state index contributed by atoms with van der Waals surface area (Å²) in [5.41, 5.74) is 1.26. The number of nitrogens with one attached hydrogen (secondary N) is 2. The van der Waals surface area contributed by atoms with Crippen LogP contribution in [0.1, 0.15) is 33.3 Å². The second-order valence-corrected chi connectivity index (χ2v) is 9.01. The van der Waals surface area contributed by atoms with Crippen LogP contribution in [0.15, 0.2) is 30.3 Å². The van der Waals surface area contributed by atoms with Gasteiger partial charge in [0.2, 0.25) is 0 Å². The standard InChI is InChI=1S/C21H30N2O5S/c1-20(2)24-12-14(26-20)16-15(17-18(25-16)28-21(3,4)27-17)23-19(29)22-11-10-13-8-6-5-7-9-13/h5-9,14-18H,10-12H2,1-4H3,(H2,22,23,29)/t14-,15-,16-,17-,18-/m1/s1. The summed E-state index contributed by atoms with van der Waals surface area (Å²) in [6.07, 6.45) is -0.380. The number of fused-ring (bicyclic) bond motifs is 1. The number of hydrogen-bond donors (Lipinski definition) is 2. The molecule has 3 fully saturated rings. The van der Waals surface area contributed by atoms with Crippen molar-refractivity contribution in [1.82, 2.24) is 10.6 Å². The third-order valence-electron chi connectivity index (χ3n) is 5.32. The van der Waals surface area contributed by atoms with Crippen molar-refractivity contribution >= 4 is 17.3 Å². The van der Waals surface area contributed by atoms with Crippen LogP contribution in [0.25, 0.3) is 0 Å². The van der Waals surface area contributed by atoms with Gasteiger partial charge in [0.05, 0.1) is 12.6 Å². The van der Waals surface area contributed by atoms with E-state index in [2.05, 4.69) is 22.8 Å². The number of hydrogen-bond acceptors (Lipinski definition) is 6. The Morgan fingerprint density at radius 2 is 1.79 bits per heavy atom. The largest absolute Gasteiger partial charge is 0.362 e. The van der Waals surface area contributed by atoms with Gasteiger partial charge in [-0.3, -0.25) is 0 Å². The molecule has 7 nitrogen and oxygen atoms in total. The van der Waals surface area contributed by atoms with Crippen molar-refractivity contribution in [1.29, 1.82) is 0 Å². The van der Waals surface area contributed by atoms with Crippen LogP contribution in [-0.4, -0.2) is 60.5 Å². The lowest BCUT2D eigenvalue weighted by Crippen LogP contribution is -2.55. The van der Waals surface area contributed by atoms with E-state index in [0.717, 1.165) is 13.0 Å². The summed E-state index contributed by atoms with van der Waals surface area (Å²) in [5.74, 6) is -1.33. The molecule has 1 aromatic rings. The molecule has 0 spiro atoms. The van der Waals surface area contributed by atoms with E-state index in [1.807, 2.05) is 45.9 Å².